The van der Waals surface area contributed by atoms with Gasteiger partial charge in [0.15, 0.2) is 0 Å². The molecule has 0 radical (unpaired) electrons. The van der Waals surface area contributed by atoms with Gasteiger partial charge in [-0.05, 0) is 41.8 Å². The third-order valence-corrected chi connectivity index (χ3v) is 3.63. The Bertz CT molecular complexity index is 729. The molecule has 2 aromatic carbocycles. The molecule has 0 spiro atoms. The minimum absolute atomic E-state index is 0.134. The lowest BCUT2D eigenvalue weighted by Gasteiger charge is -2.12. The first-order valence-electron chi connectivity index (χ1n) is 8.65. The van der Waals surface area contributed by atoms with Crippen molar-refractivity contribution >= 4 is 23.3 Å². The zero-order valence-electron chi connectivity index (χ0n) is 15.2. The number of nitrogens with one attached hydrogen (secondary N) is 3. The largest absolute Gasteiger partial charge is 0.377 e. The Balaban J connectivity index is 1.86. The van der Waals surface area contributed by atoms with Crippen LogP contribution in [0.25, 0.3) is 0 Å². The van der Waals surface area contributed by atoms with Crippen molar-refractivity contribution < 1.29 is 14.3 Å². The molecule has 0 saturated carbocycles. The van der Waals surface area contributed by atoms with E-state index in [4.69, 9.17) is 4.74 Å². The molecule has 2 rings (SSSR count). The van der Waals surface area contributed by atoms with E-state index in [0.717, 1.165) is 24.2 Å². The number of hydrogen-bond donors (Lipinski definition) is 3. The number of ether oxygens (including phenoxy) is 1. The Morgan fingerprint density at radius 2 is 1.54 bits per heavy atom. The van der Waals surface area contributed by atoms with Gasteiger partial charge in [-0.1, -0.05) is 31.2 Å². The number of rotatable bonds is 8. The molecule has 138 valence electrons. The van der Waals surface area contributed by atoms with Crippen LogP contribution >= 0.6 is 0 Å². The maximum Gasteiger partial charge on any atom is 0.319 e. The van der Waals surface area contributed by atoms with Gasteiger partial charge in [0.25, 0.3) is 0 Å². The Kier molecular flexibility index (Phi) is 7.64. The van der Waals surface area contributed by atoms with Gasteiger partial charge in [-0.25, -0.2) is 4.79 Å². The van der Waals surface area contributed by atoms with Crippen molar-refractivity contribution in [2.75, 3.05) is 17.2 Å². The standard InChI is InChI=1S/C20H25N3O3/c1-3-12-26-14-17-7-5-4-6-16(17)13-21-20(25)23-19-10-8-18(9-11-19)22-15(2)24/h4-11H,3,12-14H2,1-2H3,(H,22,24)(H2,21,23,25). The van der Waals surface area contributed by atoms with E-state index in [1.807, 2.05) is 24.3 Å². The fourth-order valence-corrected chi connectivity index (χ4v) is 2.39. The third-order valence-electron chi connectivity index (χ3n) is 3.63. The first-order valence-corrected chi connectivity index (χ1v) is 8.65. The Morgan fingerprint density at radius 1 is 0.923 bits per heavy atom. The van der Waals surface area contributed by atoms with Gasteiger partial charge in [0.05, 0.1) is 6.61 Å². The van der Waals surface area contributed by atoms with Crippen LogP contribution < -0.4 is 16.0 Å². The lowest BCUT2D eigenvalue weighted by molar-refractivity contribution is -0.114. The smallest absolute Gasteiger partial charge is 0.319 e. The second-order valence-electron chi connectivity index (χ2n) is 5.89. The second-order valence-corrected chi connectivity index (χ2v) is 5.89. The molecule has 3 N–H and O–H groups in total. The number of anilines is 2. The molecule has 0 aliphatic carbocycles. The van der Waals surface area contributed by atoms with Gasteiger partial charge in [-0.3, -0.25) is 4.79 Å². The zero-order chi connectivity index (χ0) is 18.8. The van der Waals surface area contributed by atoms with Crippen molar-refractivity contribution in [2.24, 2.45) is 0 Å². The molecule has 26 heavy (non-hydrogen) atoms. The lowest BCUT2D eigenvalue weighted by Crippen LogP contribution is -2.28. The first-order chi connectivity index (χ1) is 12.6. The molecule has 6 nitrogen and oxygen atoms in total. The van der Waals surface area contributed by atoms with Crippen molar-refractivity contribution in [3.63, 3.8) is 0 Å². The van der Waals surface area contributed by atoms with Crippen LogP contribution in [0.1, 0.15) is 31.4 Å². The topological polar surface area (TPSA) is 79.5 Å². The second kappa shape index (κ2) is 10.2. The van der Waals surface area contributed by atoms with Gasteiger partial charge in [0.2, 0.25) is 5.91 Å². The summed E-state index contributed by atoms with van der Waals surface area (Å²) in [4.78, 5) is 23.1. The van der Waals surface area contributed by atoms with Crippen molar-refractivity contribution in [3.05, 3.63) is 59.7 Å². The molecule has 0 aromatic heterocycles. The molecule has 0 atom stereocenters. The van der Waals surface area contributed by atoms with Gasteiger partial charge < -0.3 is 20.7 Å². The summed E-state index contributed by atoms with van der Waals surface area (Å²) in [7, 11) is 0. The average Bonchev–Trinajstić information content (AvgIpc) is 2.62. The number of hydrogen-bond acceptors (Lipinski definition) is 3. The van der Waals surface area contributed by atoms with E-state index in [1.54, 1.807) is 24.3 Å². The van der Waals surface area contributed by atoms with Crippen LogP contribution in [0.4, 0.5) is 16.2 Å². The average molecular weight is 355 g/mol. The van der Waals surface area contributed by atoms with Gasteiger partial charge >= 0.3 is 6.03 Å². The van der Waals surface area contributed by atoms with E-state index in [9.17, 15) is 9.59 Å². The summed E-state index contributed by atoms with van der Waals surface area (Å²) < 4.78 is 5.59. The van der Waals surface area contributed by atoms with Crippen LogP contribution in [0, 0.1) is 0 Å². The molecular formula is C20H25N3O3. The van der Waals surface area contributed by atoms with Crippen LogP contribution in [-0.2, 0) is 22.7 Å². The molecule has 6 heteroatoms. The summed E-state index contributed by atoms with van der Waals surface area (Å²) in [6.07, 6.45) is 0.976. The number of benzene rings is 2. The summed E-state index contributed by atoms with van der Waals surface area (Å²) >= 11 is 0. The van der Waals surface area contributed by atoms with Crippen LogP contribution in [-0.4, -0.2) is 18.5 Å². The summed E-state index contributed by atoms with van der Waals surface area (Å²) in [5, 5.41) is 8.30. The molecule has 3 amide bonds. The molecule has 0 aliphatic rings. The Morgan fingerprint density at radius 3 is 2.15 bits per heavy atom. The quantitative estimate of drug-likeness (QED) is 0.629. The number of carbonyl (C=O) groups is 2. The van der Waals surface area contributed by atoms with E-state index in [-0.39, 0.29) is 11.9 Å². The fraction of sp³-hybridized carbons (Fsp3) is 0.300. The highest BCUT2D eigenvalue weighted by Gasteiger charge is 2.06. The first kappa shape index (κ1) is 19.5. The molecule has 2 aromatic rings. The SMILES string of the molecule is CCCOCc1ccccc1CNC(=O)Nc1ccc(NC(C)=O)cc1. The maximum atomic E-state index is 12.1. The summed E-state index contributed by atoms with van der Waals surface area (Å²) in [6, 6.07) is 14.5. The summed E-state index contributed by atoms with van der Waals surface area (Å²) in [6.45, 7) is 5.20. The zero-order valence-corrected chi connectivity index (χ0v) is 15.2. The Hall–Kier alpha value is -2.86. The van der Waals surface area contributed by atoms with Crippen molar-refractivity contribution in [1.82, 2.24) is 5.32 Å². The van der Waals surface area contributed by atoms with Gasteiger partial charge in [-0.15, -0.1) is 0 Å². The Labute approximate surface area is 153 Å². The van der Waals surface area contributed by atoms with Crippen LogP contribution in [0.2, 0.25) is 0 Å². The van der Waals surface area contributed by atoms with E-state index < -0.39 is 0 Å². The molecule has 0 bridgehead atoms. The lowest BCUT2D eigenvalue weighted by atomic mass is 10.1. The molecular weight excluding hydrogens is 330 g/mol. The predicted molar refractivity (Wildman–Crippen MR) is 103 cm³/mol. The predicted octanol–water partition coefficient (Wildman–Crippen LogP) is 3.89. The monoisotopic (exact) mass is 355 g/mol. The molecule has 0 heterocycles. The highest BCUT2D eigenvalue weighted by Crippen LogP contribution is 2.14. The minimum atomic E-state index is -0.290. The van der Waals surface area contributed by atoms with Gasteiger partial charge in [0, 0.05) is 31.5 Å². The molecule has 0 aliphatic heterocycles. The van der Waals surface area contributed by atoms with Crippen LogP contribution in [0.5, 0.6) is 0 Å². The normalized spacial score (nSPS) is 10.2. The number of urea groups is 1. The highest BCUT2D eigenvalue weighted by molar-refractivity contribution is 5.91. The molecule has 0 saturated heterocycles. The van der Waals surface area contributed by atoms with Gasteiger partial charge in [-0.2, -0.15) is 0 Å². The van der Waals surface area contributed by atoms with Crippen molar-refractivity contribution in [2.45, 2.75) is 33.4 Å². The van der Waals surface area contributed by atoms with Crippen molar-refractivity contribution in [3.8, 4) is 0 Å². The highest BCUT2D eigenvalue weighted by atomic mass is 16.5. The van der Waals surface area contributed by atoms with E-state index in [0.29, 0.717) is 24.5 Å². The maximum absolute atomic E-state index is 12.1. The summed E-state index contributed by atoms with van der Waals surface area (Å²) in [5.74, 6) is -0.134. The molecule has 0 unspecified atom stereocenters. The van der Waals surface area contributed by atoms with Crippen LogP contribution in [0.3, 0.4) is 0 Å². The minimum Gasteiger partial charge on any atom is -0.377 e. The third kappa shape index (κ3) is 6.57. The van der Waals surface area contributed by atoms with Crippen molar-refractivity contribution in [1.29, 1.82) is 0 Å². The number of carbonyl (C=O) groups excluding carboxylic acids is 2. The molecule has 0 fully saturated rings. The summed E-state index contributed by atoms with van der Waals surface area (Å²) in [5.41, 5.74) is 3.43. The van der Waals surface area contributed by atoms with Gasteiger partial charge in [0.1, 0.15) is 0 Å². The fourth-order valence-electron chi connectivity index (χ4n) is 2.39. The van der Waals surface area contributed by atoms with E-state index in [1.165, 1.54) is 6.92 Å². The van der Waals surface area contributed by atoms with E-state index in [2.05, 4.69) is 22.9 Å². The van der Waals surface area contributed by atoms with Crippen LogP contribution in [0.15, 0.2) is 48.5 Å². The van der Waals surface area contributed by atoms with E-state index >= 15 is 0 Å². The number of amides is 3.